The Balaban J connectivity index is 1.82. The van der Waals surface area contributed by atoms with Crippen molar-refractivity contribution in [3.8, 4) is 11.4 Å². The van der Waals surface area contributed by atoms with Crippen molar-refractivity contribution in [3.63, 3.8) is 0 Å². The summed E-state index contributed by atoms with van der Waals surface area (Å²) in [6, 6.07) is 12.7. The molecular formula is C20H24N4S. The van der Waals surface area contributed by atoms with Crippen LogP contribution in [0.3, 0.4) is 0 Å². The molecule has 0 unspecified atom stereocenters. The molecular weight excluding hydrogens is 328 g/mol. The lowest BCUT2D eigenvalue weighted by atomic mass is 9.87. The highest BCUT2D eigenvalue weighted by molar-refractivity contribution is 7.98. The van der Waals surface area contributed by atoms with Gasteiger partial charge in [-0.2, -0.15) is 0 Å². The number of hydrogen-bond acceptors (Lipinski definition) is 4. The van der Waals surface area contributed by atoms with Gasteiger partial charge in [-0.3, -0.25) is 4.98 Å². The highest BCUT2D eigenvalue weighted by Gasteiger charge is 2.16. The normalized spacial score (nSPS) is 11.7. The molecule has 0 aliphatic carbocycles. The molecule has 130 valence electrons. The van der Waals surface area contributed by atoms with Crippen LogP contribution in [0.2, 0.25) is 0 Å². The zero-order valence-electron chi connectivity index (χ0n) is 15.2. The average Bonchev–Trinajstić information content (AvgIpc) is 3.03. The van der Waals surface area contributed by atoms with E-state index in [4.69, 9.17) is 0 Å². The van der Waals surface area contributed by atoms with Crippen LogP contribution in [0.25, 0.3) is 11.4 Å². The molecule has 0 fully saturated rings. The van der Waals surface area contributed by atoms with Gasteiger partial charge in [-0.05, 0) is 29.5 Å². The van der Waals surface area contributed by atoms with Crippen LogP contribution in [0, 0.1) is 0 Å². The predicted octanol–water partition coefficient (Wildman–Crippen LogP) is 4.95. The zero-order valence-corrected chi connectivity index (χ0v) is 16.0. The first kappa shape index (κ1) is 17.7. The van der Waals surface area contributed by atoms with Crippen LogP contribution in [0.5, 0.6) is 0 Å². The topological polar surface area (TPSA) is 43.6 Å². The smallest absolute Gasteiger partial charge is 0.191 e. The lowest BCUT2D eigenvalue weighted by molar-refractivity contribution is 0.590. The minimum atomic E-state index is 0.154. The summed E-state index contributed by atoms with van der Waals surface area (Å²) in [6.07, 6.45) is 3.69. The van der Waals surface area contributed by atoms with E-state index in [0.29, 0.717) is 0 Å². The van der Waals surface area contributed by atoms with E-state index in [1.165, 1.54) is 11.1 Å². The molecule has 2 heterocycles. The van der Waals surface area contributed by atoms with Crippen LogP contribution in [0.15, 0.2) is 53.9 Å². The van der Waals surface area contributed by atoms with E-state index in [2.05, 4.69) is 77.8 Å². The van der Waals surface area contributed by atoms with Crippen molar-refractivity contribution < 1.29 is 0 Å². The molecule has 0 aliphatic rings. The summed E-state index contributed by atoms with van der Waals surface area (Å²) >= 11 is 1.70. The van der Waals surface area contributed by atoms with Crippen molar-refractivity contribution >= 4 is 11.8 Å². The zero-order chi connectivity index (χ0) is 17.9. The first-order chi connectivity index (χ1) is 12.0. The van der Waals surface area contributed by atoms with Gasteiger partial charge in [0, 0.05) is 30.3 Å². The fourth-order valence-corrected chi connectivity index (χ4v) is 3.58. The number of nitrogens with zero attached hydrogens (tertiary/aromatic N) is 4. The predicted molar refractivity (Wildman–Crippen MR) is 104 cm³/mol. The molecule has 4 nitrogen and oxygen atoms in total. The molecule has 0 aliphatic heterocycles. The summed E-state index contributed by atoms with van der Waals surface area (Å²) in [5, 5.41) is 9.79. The van der Waals surface area contributed by atoms with Gasteiger partial charge in [-0.1, -0.05) is 62.9 Å². The summed E-state index contributed by atoms with van der Waals surface area (Å²) in [7, 11) is 0. The van der Waals surface area contributed by atoms with Crippen LogP contribution < -0.4 is 0 Å². The van der Waals surface area contributed by atoms with Gasteiger partial charge in [-0.25, -0.2) is 0 Å². The van der Waals surface area contributed by atoms with Gasteiger partial charge < -0.3 is 4.57 Å². The number of benzene rings is 1. The van der Waals surface area contributed by atoms with Crippen molar-refractivity contribution in [1.82, 2.24) is 19.7 Å². The van der Waals surface area contributed by atoms with Crippen molar-refractivity contribution in [2.75, 3.05) is 0 Å². The quantitative estimate of drug-likeness (QED) is 0.609. The minimum absolute atomic E-state index is 0.154. The van der Waals surface area contributed by atoms with Crippen LogP contribution in [0.1, 0.15) is 38.8 Å². The molecule has 2 aromatic heterocycles. The standard InChI is InChI=1S/C20H24N4S/c1-5-24-18(16-8-10-17(11-9-16)20(2,3)4)22-23-19(24)25-14-15-7-6-12-21-13-15/h6-13H,5,14H2,1-4H3. The summed E-state index contributed by atoms with van der Waals surface area (Å²) in [5.41, 5.74) is 3.77. The fraction of sp³-hybridized carbons (Fsp3) is 0.350. The monoisotopic (exact) mass is 352 g/mol. The number of thioether (sulfide) groups is 1. The SMILES string of the molecule is CCn1c(SCc2cccnc2)nnc1-c1ccc(C(C)(C)C)cc1. The molecule has 0 saturated heterocycles. The van der Waals surface area contributed by atoms with E-state index in [0.717, 1.165) is 28.8 Å². The van der Waals surface area contributed by atoms with E-state index < -0.39 is 0 Å². The molecule has 0 bridgehead atoms. The Labute approximate surface area is 153 Å². The summed E-state index contributed by atoms with van der Waals surface area (Å²) in [6.45, 7) is 9.65. The molecule has 3 rings (SSSR count). The molecule has 1 aromatic carbocycles. The highest BCUT2D eigenvalue weighted by atomic mass is 32.2. The van der Waals surface area contributed by atoms with Crippen LogP contribution in [0.4, 0.5) is 0 Å². The van der Waals surface area contributed by atoms with E-state index >= 15 is 0 Å². The molecule has 0 radical (unpaired) electrons. The van der Waals surface area contributed by atoms with Gasteiger partial charge in [0.2, 0.25) is 0 Å². The Morgan fingerprint density at radius 2 is 1.80 bits per heavy atom. The third-order valence-corrected chi connectivity index (χ3v) is 5.17. The van der Waals surface area contributed by atoms with Gasteiger partial charge in [0.15, 0.2) is 11.0 Å². The van der Waals surface area contributed by atoms with E-state index in [1.54, 1.807) is 18.0 Å². The van der Waals surface area contributed by atoms with Gasteiger partial charge in [0.1, 0.15) is 0 Å². The Morgan fingerprint density at radius 3 is 2.40 bits per heavy atom. The third-order valence-electron chi connectivity index (χ3n) is 4.13. The Bertz CT molecular complexity index is 817. The number of pyridine rings is 1. The van der Waals surface area contributed by atoms with E-state index in [9.17, 15) is 0 Å². The van der Waals surface area contributed by atoms with Gasteiger partial charge in [0.05, 0.1) is 0 Å². The maximum absolute atomic E-state index is 4.44. The van der Waals surface area contributed by atoms with Crippen molar-refractivity contribution in [3.05, 3.63) is 59.9 Å². The van der Waals surface area contributed by atoms with Gasteiger partial charge in [-0.15, -0.1) is 10.2 Å². The second kappa shape index (κ2) is 7.40. The largest absolute Gasteiger partial charge is 0.302 e. The molecule has 0 atom stereocenters. The maximum Gasteiger partial charge on any atom is 0.191 e. The molecule has 3 aromatic rings. The molecule has 0 spiro atoms. The lowest BCUT2D eigenvalue weighted by Crippen LogP contribution is -2.10. The third kappa shape index (κ3) is 4.10. The van der Waals surface area contributed by atoms with Gasteiger partial charge in [0.25, 0.3) is 0 Å². The van der Waals surface area contributed by atoms with E-state index in [-0.39, 0.29) is 5.41 Å². The van der Waals surface area contributed by atoms with Crippen LogP contribution in [-0.2, 0) is 17.7 Å². The summed E-state index contributed by atoms with van der Waals surface area (Å²) in [5.74, 6) is 1.77. The average molecular weight is 353 g/mol. The molecule has 25 heavy (non-hydrogen) atoms. The van der Waals surface area contributed by atoms with Crippen LogP contribution in [-0.4, -0.2) is 19.7 Å². The second-order valence-electron chi connectivity index (χ2n) is 7.03. The first-order valence-electron chi connectivity index (χ1n) is 8.55. The molecule has 0 amide bonds. The van der Waals surface area contributed by atoms with E-state index in [1.807, 2.05) is 12.3 Å². The fourth-order valence-electron chi connectivity index (χ4n) is 2.64. The number of rotatable bonds is 5. The van der Waals surface area contributed by atoms with Crippen molar-refractivity contribution in [2.45, 2.75) is 50.6 Å². The molecule has 0 N–H and O–H groups in total. The number of aromatic nitrogens is 4. The Kier molecular flexibility index (Phi) is 5.23. The summed E-state index contributed by atoms with van der Waals surface area (Å²) in [4.78, 5) is 4.16. The number of hydrogen-bond donors (Lipinski definition) is 0. The Hall–Kier alpha value is -2.14. The molecule has 0 saturated carbocycles. The van der Waals surface area contributed by atoms with Crippen molar-refractivity contribution in [1.29, 1.82) is 0 Å². The Morgan fingerprint density at radius 1 is 1.04 bits per heavy atom. The minimum Gasteiger partial charge on any atom is -0.302 e. The second-order valence-corrected chi connectivity index (χ2v) is 7.97. The maximum atomic E-state index is 4.44. The van der Waals surface area contributed by atoms with Gasteiger partial charge >= 0.3 is 0 Å². The first-order valence-corrected chi connectivity index (χ1v) is 9.53. The molecule has 5 heteroatoms. The highest BCUT2D eigenvalue weighted by Crippen LogP contribution is 2.28. The van der Waals surface area contributed by atoms with Crippen molar-refractivity contribution in [2.24, 2.45) is 0 Å². The lowest BCUT2D eigenvalue weighted by Gasteiger charge is -2.19. The van der Waals surface area contributed by atoms with Crippen LogP contribution >= 0.6 is 11.8 Å². The summed E-state index contributed by atoms with van der Waals surface area (Å²) < 4.78 is 2.17.